The van der Waals surface area contributed by atoms with Gasteiger partial charge in [-0.2, -0.15) is 5.10 Å². The van der Waals surface area contributed by atoms with E-state index in [0.29, 0.717) is 0 Å². The molecule has 0 bridgehead atoms. The quantitative estimate of drug-likeness (QED) is 0.856. The van der Waals surface area contributed by atoms with E-state index < -0.39 is 0 Å². The lowest BCUT2D eigenvalue weighted by Gasteiger charge is -2.36. The summed E-state index contributed by atoms with van der Waals surface area (Å²) in [7, 11) is 0. The fourth-order valence-corrected chi connectivity index (χ4v) is 3.01. The Morgan fingerprint density at radius 2 is 1.71 bits per heavy atom. The number of rotatable bonds is 3. The number of piperazine rings is 1. The molecule has 24 heavy (non-hydrogen) atoms. The molecular formula is C17H24N6O. The van der Waals surface area contributed by atoms with Crippen LogP contribution in [0.25, 0.3) is 5.82 Å². The second-order valence-corrected chi connectivity index (χ2v) is 6.54. The Morgan fingerprint density at radius 1 is 1.04 bits per heavy atom. The summed E-state index contributed by atoms with van der Waals surface area (Å²) < 4.78 is 1.83. The number of carbonyl (C=O) groups excluding carboxylic acids is 1. The molecule has 128 valence electrons. The highest BCUT2D eigenvalue weighted by Crippen LogP contribution is 2.18. The van der Waals surface area contributed by atoms with Crippen molar-refractivity contribution in [2.45, 2.75) is 27.7 Å². The third-order valence-electron chi connectivity index (χ3n) is 4.27. The third kappa shape index (κ3) is 3.25. The first kappa shape index (κ1) is 16.4. The van der Waals surface area contributed by atoms with Crippen LogP contribution in [0.4, 0.5) is 5.82 Å². The molecule has 7 heteroatoms. The smallest absolute Gasteiger partial charge is 0.225 e. The molecule has 1 aliphatic heterocycles. The van der Waals surface area contributed by atoms with Gasteiger partial charge in [-0.25, -0.2) is 14.6 Å². The van der Waals surface area contributed by atoms with Crippen molar-refractivity contribution in [1.82, 2.24) is 24.6 Å². The van der Waals surface area contributed by atoms with Crippen LogP contribution in [0.1, 0.15) is 25.2 Å². The second-order valence-electron chi connectivity index (χ2n) is 6.54. The first-order valence-electron chi connectivity index (χ1n) is 8.35. The SMILES string of the molecule is Cc1cc(C)n(-c2cc(N3CCN(C(=O)C(C)C)CC3)ncn2)n1. The Balaban J connectivity index is 1.74. The fourth-order valence-electron chi connectivity index (χ4n) is 3.01. The fraction of sp³-hybridized carbons (Fsp3) is 0.529. The molecule has 7 nitrogen and oxygen atoms in total. The van der Waals surface area contributed by atoms with Gasteiger partial charge in [-0.3, -0.25) is 4.79 Å². The van der Waals surface area contributed by atoms with Crippen LogP contribution in [0.3, 0.4) is 0 Å². The normalized spacial score (nSPS) is 15.2. The van der Waals surface area contributed by atoms with Crippen molar-refractivity contribution in [2.24, 2.45) is 5.92 Å². The van der Waals surface area contributed by atoms with E-state index >= 15 is 0 Å². The molecule has 0 aliphatic carbocycles. The maximum absolute atomic E-state index is 12.1. The standard InChI is InChI=1S/C17H24N6O/c1-12(2)17(24)22-7-5-21(6-8-22)15-10-16(19-11-18-15)23-14(4)9-13(3)20-23/h9-12H,5-8H2,1-4H3. The minimum absolute atomic E-state index is 0.0493. The van der Waals surface area contributed by atoms with Crippen molar-refractivity contribution < 1.29 is 4.79 Å². The number of nitrogens with zero attached hydrogens (tertiary/aromatic N) is 6. The molecule has 3 rings (SSSR count). The minimum atomic E-state index is 0.0493. The highest BCUT2D eigenvalue weighted by atomic mass is 16.2. The van der Waals surface area contributed by atoms with E-state index in [1.165, 1.54) is 0 Å². The Kier molecular flexibility index (Phi) is 4.51. The van der Waals surface area contributed by atoms with Gasteiger partial charge >= 0.3 is 0 Å². The molecule has 0 radical (unpaired) electrons. The molecule has 1 fully saturated rings. The van der Waals surface area contributed by atoms with E-state index in [0.717, 1.165) is 49.2 Å². The molecule has 1 saturated heterocycles. The summed E-state index contributed by atoms with van der Waals surface area (Å²) in [5.74, 6) is 1.92. The number of amides is 1. The van der Waals surface area contributed by atoms with E-state index in [1.54, 1.807) is 6.33 Å². The van der Waals surface area contributed by atoms with Gasteiger partial charge in [0.1, 0.15) is 12.1 Å². The first-order chi connectivity index (χ1) is 11.5. The highest BCUT2D eigenvalue weighted by Gasteiger charge is 2.23. The van der Waals surface area contributed by atoms with Gasteiger partial charge in [0.2, 0.25) is 5.91 Å². The molecule has 0 spiro atoms. The molecule has 0 N–H and O–H groups in total. The van der Waals surface area contributed by atoms with Crippen LogP contribution in [0.15, 0.2) is 18.5 Å². The second kappa shape index (κ2) is 6.59. The van der Waals surface area contributed by atoms with Crippen LogP contribution in [0.5, 0.6) is 0 Å². The number of hydrogen-bond donors (Lipinski definition) is 0. The van der Waals surface area contributed by atoms with Crippen LogP contribution in [-0.4, -0.2) is 56.7 Å². The predicted octanol–water partition coefficient (Wildman–Crippen LogP) is 1.58. The number of hydrogen-bond acceptors (Lipinski definition) is 5. The zero-order valence-electron chi connectivity index (χ0n) is 14.7. The van der Waals surface area contributed by atoms with Gasteiger partial charge in [-0.05, 0) is 19.9 Å². The van der Waals surface area contributed by atoms with E-state index in [-0.39, 0.29) is 11.8 Å². The summed E-state index contributed by atoms with van der Waals surface area (Å²) in [6.45, 7) is 10.9. The number of aryl methyl sites for hydroxylation is 2. The largest absolute Gasteiger partial charge is 0.353 e. The molecule has 0 saturated carbocycles. The topological polar surface area (TPSA) is 67.2 Å². The van der Waals surface area contributed by atoms with Crippen LogP contribution >= 0.6 is 0 Å². The molecule has 0 aromatic carbocycles. The molecule has 1 amide bonds. The van der Waals surface area contributed by atoms with Gasteiger partial charge < -0.3 is 9.80 Å². The van der Waals surface area contributed by atoms with Gasteiger partial charge in [-0.1, -0.05) is 13.8 Å². The van der Waals surface area contributed by atoms with Crippen molar-refractivity contribution in [2.75, 3.05) is 31.1 Å². The Labute approximate surface area is 142 Å². The maximum atomic E-state index is 12.1. The number of aromatic nitrogens is 4. The van der Waals surface area contributed by atoms with Crippen molar-refractivity contribution >= 4 is 11.7 Å². The zero-order valence-corrected chi connectivity index (χ0v) is 14.7. The third-order valence-corrected chi connectivity index (χ3v) is 4.27. The van der Waals surface area contributed by atoms with Gasteiger partial charge in [0, 0.05) is 43.9 Å². The van der Waals surface area contributed by atoms with Gasteiger partial charge in [-0.15, -0.1) is 0 Å². The van der Waals surface area contributed by atoms with Crippen molar-refractivity contribution in [3.8, 4) is 5.82 Å². The van der Waals surface area contributed by atoms with Gasteiger partial charge in [0.05, 0.1) is 5.69 Å². The summed E-state index contributed by atoms with van der Waals surface area (Å²) in [5.41, 5.74) is 2.01. The molecule has 3 heterocycles. The van der Waals surface area contributed by atoms with E-state index in [9.17, 15) is 4.79 Å². The summed E-state index contributed by atoms with van der Waals surface area (Å²) in [6.07, 6.45) is 1.58. The first-order valence-corrected chi connectivity index (χ1v) is 8.35. The van der Waals surface area contributed by atoms with Crippen LogP contribution in [-0.2, 0) is 4.79 Å². The minimum Gasteiger partial charge on any atom is -0.353 e. The molecule has 2 aromatic heterocycles. The summed E-state index contributed by atoms with van der Waals surface area (Å²) in [6, 6.07) is 3.98. The zero-order chi connectivity index (χ0) is 17.3. The number of anilines is 1. The van der Waals surface area contributed by atoms with Gasteiger partial charge in [0.25, 0.3) is 0 Å². The van der Waals surface area contributed by atoms with E-state index in [1.807, 2.05) is 49.4 Å². The van der Waals surface area contributed by atoms with Crippen molar-refractivity contribution in [1.29, 1.82) is 0 Å². The van der Waals surface area contributed by atoms with Crippen LogP contribution in [0, 0.1) is 19.8 Å². The predicted molar refractivity (Wildman–Crippen MR) is 92.3 cm³/mol. The molecule has 0 unspecified atom stereocenters. The summed E-state index contributed by atoms with van der Waals surface area (Å²) in [4.78, 5) is 25.0. The average molecular weight is 328 g/mol. The summed E-state index contributed by atoms with van der Waals surface area (Å²) in [5, 5.41) is 4.48. The van der Waals surface area contributed by atoms with Crippen LogP contribution in [0.2, 0.25) is 0 Å². The highest BCUT2D eigenvalue weighted by molar-refractivity contribution is 5.78. The molecule has 0 atom stereocenters. The van der Waals surface area contributed by atoms with E-state index in [2.05, 4.69) is 20.0 Å². The Bertz CT molecular complexity index is 730. The lowest BCUT2D eigenvalue weighted by Crippen LogP contribution is -2.50. The Hall–Kier alpha value is -2.44. The van der Waals surface area contributed by atoms with Crippen LogP contribution < -0.4 is 4.90 Å². The number of carbonyl (C=O) groups is 1. The Morgan fingerprint density at radius 3 is 2.29 bits per heavy atom. The van der Waals surface area contributed by atoms with E-state index in [4.69, 9.17) is 0 Å². The molecule has 2 aromatic rings. The monoisotopic (exact) mass is 328 g/mol. The maximum Gasteiger partial charge on any atom is 0.225 e. The molecular weight excluding hydrogens is 304 g/mol. The average Bonchev–Trinajstić information content (AvgIpc) is 2.93. The van der Waals surface area contributed by atoms with Gasteiger partial charge in [0.15, 0.2) is 5.82 Å². The van der Waals surface area contributed by atoms with Crippen molar-refractivity contribution in [3.05, 3.63) is 29.8 Å². The lowest BCUT2D eigenvalue weighted by atomic mass is 10.1. The van der Waals surface area contributed by atoms with Crippen molar-refractivity contribution in [3.63, 3.8) is 0 Å². The molecule has 1 aliphatic rings. The lowest BCUT2D eigenvalue weighted by molar-refractivity contribution is -0.134. The summed E-state index contributed by atoms with van der Waals surface area (Å²) >= 11 is 0.